The van der Waals surface area contributed by atoms with Gasteiger partial charge < -0.3 is 10.6 Å². The summed E-state index contributed by atoms with van der Waals surface area (Å²) in [5.74, 6) is 0. The number of nitrogens with zero attached hydrogens (tertiary/aromatic N) is 2. The SMILES string of the molecule is Cc1nc(CCN2CCCC2)sc1C(N)=S. The molecule has 2 rings (SSSR count). The molecule has 2 heterocycles. The number of hydrogen-bond acceptors (Lipinski definition) is 4. The molecule has 0 unspecified atom stereocenters. The molecule has 0 atom stereocenters. The molecule has 0 spiro atoms. The molecule has 1 aromatic rings. The van der Waals surface area contributed by atoms with Gasteiger partial charge in [0.1, 0.15) is 4.99 Å². The zero-order valence-electron chi connectivity index (χ0n) is 9.53. The molecule has 1 saturated heterocycles. The van der Waals surface area contributed by atoms with Crippen molar-refractivity contribution in [2.45, 2.75) is 26.2 Å². The fraction of sp³-hybridized carbons (Fsp3) is 0.636. The molecule has 0 aromatic carbocycles. The molecule has 1 aromatic heterocycles. The normalized spacial score (nSPS) is 16.8. The van der Waals surface area contributed by atoms with Gasteiger partial charge in [-0.25, -0.2) is 4.98 Å². The van der Waals surface area contributed by atoms with Crippen molar-refractivity contribution in [2.24, 2.45) is 5.73 Å². The summed E-state index contributed by atoms with van der Waals surface area (Å²) in [4.78, 5) is 8.47. The number of hydrogen-bond donors (Lipinski definition) is 1. The number of aryl methyl sites for hydroxylation is 1. The van der Waals surface area contributed by atoms with E-state index >= 15 is 0 Å². The Balaban J connectivity index is 1.94. The van der Waals surface area contributed by atoms with Crippen molar-refractivity contribution in [2.75, 3.05) is 19.6 Å². The summed E-state index contributed by atoms with van der Waals surface area (Å²) in [6, 6.07) is 0. The molecule has 1 aliphatic heterocycles. The Hall–Kier alpha value is -0.520. The Labute approximate surface area is 106 Å². The summed E-state index contributed by atoms with van der Waals surface area (Å²) in [6.07, 6.45) is 3.71. The third-order valence-corrected chi connectivity index (χ3v) is 4.49. The molecule has 0 aliphatic carbocycles. The van der Waals surface area contributed by atoms with Gasteiger partial charge in [-0.1, -0.05) is 12.2 Å². The van der Waals surface area contributed by atoms with E-state index in [0.717, 1.165) is 28.5 Å². The van der Waals surface area contributed by atoms with E-state index in [1.54, 1.807) is 11.3 Å². The first kappa shape index (κ1) is 12.0. The van der Waals surface area contributed by atoms with Crippen LogP contribution in [0.3, 0.4) is 0 Å². The van der Waals surface area contributed by atoms with Crippen LogP contribution < -0.4 is 5.73 Å². The first-order valence-electron chi connectivity index (χ1n) is 5.65. The van der Waals surface area contributed by atoms with E-state index in [0.29, 0.717) is 4.99 Å². The molecular formula is C11H17N3S2. The first-order valence-corrected chi connectivity index (χ1v) is 6.88. The van der Waals surface area contributed by atoms with Crippen molar-refractivity contribution in [1.29, 1.82) is 0 Å². The molecule has 88 valence electrons. The quantitative estimate of drug-likeness (QED) is 0.832. The zero-order chi connectivity index (χ0) is 11.5. The van der Waals surface area contributed by atoms with Crippen LogP contribution in [0.15, 0.2) is 0 Å². The molecule has 5 heteroatoms. The highest BCUT2D eigenvalue weighted by Gasteiger charge is 2.13. The average Bonchev–Trinajstić information content (AvgIpc) is 2.83. The molecule has 0 amide bonds. The number of likely N-dealkylation sites (tertiary alicyclic amines) is 1. The molecule has 3 nitrogen and oxygen atoms in total. The van der Waals surface area contributed by atoms with Crippen molar-refractivity contribution in [1.82, 2.24) is 9.88 Å². The lowest BCUT2D eigenvalue weighted by atomic mass is 10.4. The topological polar surface area (TPSA) is 42.2 Å². The van der Waals surface area contributed by atoms with Crippen LogP contribution in [0.25, 0.3) is 0 Å². The Morgan fingerprint density at radius 1 is 1.50 bits per heavy atom. The van der Waals surface area contributed by atoms with Gasteiger partial charge in [0.25, 0.3) is 0 Å². The zero-order valence-corrected chi connectivity index (χ0v) is 11.2. The summed E-state index contributed by atoms with van der Waals surface area (Å²) in [7, 11) is 0. The average molecular weight is 255 g/mol. The Morgan fingerprint density at radius 3 is 2.75 bits per heavy atom. The molecule has 1 fully saturated rings. The molecule has 2 N–H and O–H groups in total. The van der Waals surface area contributed by atoms with Crippen LogP contribution in [0.1, 0.15) is 28.4 Å². The summed E-state index contributed by atoms with van der Waals surface area (Å²) >= 11 is 6.64. The minimum absolute atomic E-state index is 0.474. The third kappa shape index (κ3) is 2.78. The van der Waals surface area contributed by atoms with Gasteiger partial charge in [-0.15, -0.1) is 11.3 Å². The summed E-state index contributed by atoms with van der Waals surface area (Å²) in [5, 5.41) is 1.16. The first-order chi connectivity index (χ1) is 7.66. The van der Waals surface area contributed by atoms with E-state index in [9.17, 15) is 0 Å². The van der Waals surface area contributed by atoms with Gasteiger partial charge in [0.2, 0.25) is 0 Å². The van der Waals surface area contributed by atoms with E-state index in [4.69, 9.17) is 18.0 Å². The standard InChI is InChI=1S/C11H17N3S2/c1-8-10(11(12)15)16-9(13-8)4-7-14-5-2-3-6-14/h2-7H2,1H3,(H2,12,15). The molecule has 0 saturated carbocycles. The number of aromatic nitrogens is 1. The van der Waals surface area contributed by atoms with Gasteiger partial charge in [-0.05, 0) is 32.9 Å². The van der Waals surface area contributed by atoms with E-state index in [2.05, 4.69) is 9.88 Å². The maximum absolute atomic E-state index is 5.64. The second kappa shape index (κ2) is 5.21. The molecule has 16 heavy (non-hydrogen) atoms. The number of nitrogens with two attached hydrogens (primary N) is 1. The van der Waals surface area contributed by atoms with E-state index in [1.807, 2.05) is 6.92 Å². The number of rotatable bonds is 4. The number of thiocarbonyl (C=S) groups is 1. The Kier molecular flexibility index (Phi) is 3.89. The maximum Gasteiger partial charge on any atom is 0.116 e. The van der Waals surface area contributed by atoms with Crippen LogP contribution in [0.2, 0.25) is 0 Å². The van der Waals surface area contributed by atoms with Crippen LogP contribution in [-0.4, -0.2) is 34.5 Å². The highest BCUT2D eigenvalue weighted by molar-refractivity contribution is 7.81. The lowest BCUT2D eigenvalue weighted by molar-refractivity contribution is 0.343. The highest BCUT2D eigenvalue weighted by Crippen LogP contribution is 2.19. The predicted octanol–water partition coefficient (Wildman–Crippen LogP) is 1.72. The van der Waals surface area contributed by atoms with Gasteiger partial charge in [0.15, 0.2) is 0 Å². The highest BCUT2D eigenvalue weighted by atomic mass is 32.1. The van der Waals surface area contributed by atoms with Crippen LogP contribution in [0, 0.1) is 6.92 Å². The number of thiazole rings is 1. The fourth-order valence-corrected chi connectivity index (χ4v) is 3.23. The Bertz CT molecular complexity index is 381. The monoisotopic (exact) mass is 255 g/mol. The van der Waals surface area contributed by atoms with Crippen molar-refractivity contribution in [3.8, 4) is 0 Å². The van der Waals surface area contributed by atoms with Gasteiger partial charge in [0.05, 0.1) is 15.6 Å². The largest absolute Gasteiger partial charge is 0.389 e. The predicted molar refractivity (Wildman–Crippen MR) is 72.1 cm³/mol. The summed E-state index contributed by atoms with van der Waals surface area (Å²) in [5.41, 5.74) is 6.62. The van der Waals surface area contributed by atoms with Crippen molar-refractivity contribution in [3.05, 3.63) is 15.6 Å². The maximum atomic E-state index is 5.64. The van der Waals surface area contributed by atoms with E-state index in [1.165, 1.54) is 25.9 Å². The molecule has 0 radical (unpaired) electrons. The van der Waals surface area contributed by atoms with Gasteiger partial charge in [-0.2, -0.15) is 0 Å². The van der Waals surface area contributed by atoms with Crippen LogP contribution in [0.5, 0.6) is 0 Å². The lowest BCUT2D eigenvalue weighted by Gasteiger charge is -2.12. The minimum atomic E-state index is 0.474. The van der Waals surface area contributed by atoms with Crippen molar-refractivity contribution >= 4 is 28.5 Å². The molecule has 1 aliphatic rings. The van der Waals surface area contributed by atoms with Gasteiger partial charge >= 0.3 is 0 Å². The van der Waals surface area contributed by atoms with Crippen molar-refractivity contribution in [3.63, 3.8) is 0 Å². The molecular weight excluding hydrogens is 238 g/mol. The Morgan fingerprint density at radius 2 is 2.19 bits per heavy atom. The minimum Gasteiger partial charge on any atom is -0.389 e. The van der Waals surface area contributed by atoms with Crippen molar-refractivity contribution < 1.29 is 0 Å². The summed E-state index contributed by atoms with van der Waals surface area (Å²) < 4.78 is 0. The molecule has 0 bridgehead atoms. The smallest absolute Gasteiger partial charge is 0.116 e. The second-order valence-corrected chi connectivity index (χ2v) is 5.71. The van der Waals surface area contributed by atoms with Gasteiger partial charge in [-0.3, -0.25) is 0 Å². The van der Waals surface area contributed by atoms with E-state index < -0.39 is 0 Å². The van der Waals surface area contributed by atoms with E-state index in [-0.39, 0.29) is 0 Å². The van der Waals surface area contributed by atoms with Crippen LogP contribution in [0.4, 0.5) is 0 Å². The third-order valence-electron chi connectivity index (χ3n) is 2.91. The summed E-state index contributed by atoms with van der Waals surface area (Å²) in [6.45, 7) is 5.58. The van der Waals surface area contributed by atoms with Crippen LogP contribution in [-0.2, 0) is 6.42 Å². The lowest BCUT2D eigenvalue weighted by Crippen LogP contribution is -2.21. The van der Waals surface area contributed by atoms with Crippen LogP contribution >= 0.6 is 23.6 Å². The second-order valence-electron chi connectivity index (χ2n) is 4.19. The fourth-order valence-electron chi connectivity index (χ4n) is 2.05. The van der Waals surface area contributed by atoms with Gasteiger partial charge in [0, 0.05) is 13.0 Å².